The molecule has 1 heterocycles. The summed E-state index contributed by atoms with van der Waals surface area (Å²) in [6.45, 7) is 7.00. The van der Waals surface area contributed by atoms with Gasteiger partial charge in [0.1, 0.15) is 0 Å². The monoisotopic (exact) mass is 296 g/mol. The van der Waals surface area contributed by atoms with Gasteiger partial charge in [-0.25, -0.2) is 0 Å². The zero-order valence-electron chi connectivity index (χ0n) is 14.3. The van der Waals surface area contributed by atoms with Crippen LogP contribution in [0.15, 0.2) is 48.1 Å². The van der Waals surface area contributed by atoms with Crippen LogP contribution in [0.4, 0.5) is 5.69 Å². The number of para-hydroxylation sites is 1. The molecule has 0 saturated carbocycles. The second kappa shape index (κ2) is 5.92. The average Bonchev–Trinajstić information content (AvgIpc) is 2.45. The Labute approximate surface area is 135 Å². The number of nitrogens with zero attached hydrogens (tertiary/aromatic N) is 2. The Morgan fingerprint density at radius 3 is 2.77 bits per heavy atom. The molecule has 1 atom stereocenters. The number of hydrogen-bond acceptors (Lipinski definition) is 2. The van der Waals surface area contributed by atoms with Crippen molar-refractivity contribution in [2.45, 2.75) is 32.7 Å². The second-order valence-corrected chi connectivity index (χ2v) is 7.48. The van der Waals surface area contributed by atoms with E-state index >= 15 is 0 Å². The normalized spacial score (nSPS) is 22.3. The molecule has 0 fully saturated rings. The van der Waals surface area contributed by atoms with Crippen LogP contribution in [0.2, 0.25) is 0 Å². The predicted molar refractivity (Wildman–Crippen MR) is 95.5 cm³/mol. The molecule has 0 bridgehead atoms. The Bertz CT molecular complexity index is 595. The van der Waals surface area contributed by atoms with Gasteiger partial charge < -0.3 is 9.80 Å². The van der Waals surface area contributed by atoms with Gasteiger partial charge in [0.05, 0.1) is 6.04 Å². The fourth-order valence-electron chi connectivity index (χ4n) is 3.94. The van der Waals surface area contributed by atoms with Crippen LogP contribution in [0.1, 0.15) is 25.8 Å². The molecule has 2 aliphatic rings. The molecule has 0 saturated heterocycles. The molecule has 2 heteroatoms. The third-order valence-corrected chi connectivity index (χ3v) is 4.90. The highest BCUT2D eigenvalue weighted by molar-refractivity contribution is 5.62. The first-order valence-electron chi connectivity index (χ1n) is 8.36. The van der Waals surface area contributed by atoms with Crippen molar-refractivity contribution < 1.29 is 0 Å². The standard InChI is InChI=1S/C20H28N2/c1-20(2)12-7-10-17-15-16-9-5-6-11-18(16)22(19(17)20)14-8-13-21(3)4/h5-7,9-12,19H,8,13-15H2,1-4H3. The molecular weight excluding hydrogens is 268 g/mol. The van der Waals surface area contributed by atoms with Crippen LogP contribution in [0.5, 0.6) is 0 Å². The molecule has 0 amide bonds. The number of allylic oxidation sites excluding steroid dienone is 2. The van der Waals surface area contributed by atoms with Crippen molar-refractivity contribution in [1.29, 1.82) is 0 Å². The summed E-state index contributed by atoms with van der Waals surface area (Å²) in [4.78, 5) is 4.93. The molecule has 3 rings (SSSR count). The van der Waals surface area contributed by atoms with Crippen molar-refractivity contribution >= 4 is 5.69 Å². The molecular formula is C20H28N2. The lowest BCUT2D eigenvalue weighted by molar-refractivity contribution is 0.353. The highest BCUT2D eigenvalue weighted by Gasteiger charge is 2.39. The van der Waals surface area contributed by atoms with E-state index in [1.54, 1.807) is 5.57 Å². The van der Waals surface area contributed by atoms with Crippen LogP contribution < -0.4 is 4.90 Å². The molecule has 0 aromatic heterocycles. The maximum absolute atomic E-state index is 2.65. The van der Waals surface area contributed by atoms with E-state index in [0.717, 1.165) is 19.5 Å². The summed E-state index contributed by atoms with van der Waals surface area (Å²) < 4.78 is 0. The summed E-state index contributed by atoms with van der Waals surface area (Å²) in [6.07, 6.45) is 9.25. The topological polar surface area (TPSA) is 6.48 Å². The van der Waals surface area contributed by atoms with Crippen LogP contribution in [-0.2, 0) is 6.42 Å². The van der Waals surface area contributed by atoms with E-state index in [0.29, 0.717) is 6.04 Å². The molecule has 2 nitrogen and oxygen atoms in total. The Balaban J connectivity index is 1.94. The number of rotatable bonds is 4. The van der Waals surface area contributed by atoms with Crippen LogP contribution in [0.25, 0.3) is 0 Å². The number of hydrogen-bond donors (Lipinski definition) is 0. The van der Waals surface area contributed by atoms with E-state index in [9.17, 15) is 0 Å². The SMILES string of the molecule is CN(C)CCCN1c2ccccc2CC2=CC=CC(C)(C)C21. The highest BCUT2D eigenvalue weighted by atomic mass is 15.2. The summed E-state index contributed by atoms with van der Waals surface area (Å²) in [5.41, 5.74) is 4.67. The van der Waals surface area contributed by atoms with Crippen LogP contribution in [-0.4, -0.2) is 38.1 Å². The summed E-state index contributed by atoms with van der Waals surface area (Å²) in [5, 5.41) is 0. The minimum absolute atomic E-state index is 0.190. The second-order valence-electron chi connectivity index (χ2n) is 7.48. The first kappa shape index (κ1) is 15.4. The molecule has 0 N–H and O–H groups in total. The lowest BCUT2D eigenvalue weighted by Crippen LogP contribution is -2.50. The summed E-state index contributed by atoms with van der Waals surface area (Å²) in [5.74, 6) is 0. The molecule has 0 radical (unpaired) electrons. The van der Waals surface area contributed by atoms with Crippen molar-refractivity contribution in [3.05, 3.63) is 53.6 Å². The molecule has 22 heavy (non-hydrogen) atoms. The minimum Gasteiger partial charge on any atom is -0.364 e. The Morgan fingerprint density at radius 2 is 2.00 bits per heavy atom. The van der Waals surface area contributed by atoms with Gasteiger partial charge in [0.2, 0.25) is 0 Å². The van der Waals surface area contributed by atoms with Gasteiger partial charge in [0.25, 0.3) is 0 Å². The smallest absolute Gasteiger partial charge is 0.0594 e. The first-order valence-corrected chi connectivity index (χ1v) is 8.36. The highest BCUT2D eigenvalue weighted by Crippen LogP contribution is 2.43. The maximum Gasteiger partial charge on any atom is 0.0594 e. The van der Waals surface area contributed by atoms with Crippen molar-refractivity contribution in [2.24, 2.45) is 5.41 Å². The van der Waals surface area contributed by atoms with E-state index in [1.807, 2.05) is 0 Å². The summed E-state index contributed by atoms with van der Waals surface area (Å²) in [7, 11) is 4.31. The average molecular weight is 296 g/mol. The summed E-state index contributed by atoms with van der Waals surface area (Å²) in [6, 6.07) is 9.43. The maximum atomic E-state index is 2.65. The van der Waals surface area contributed by atoms with E-state index in [2.05, 4.69) is 80.2 Å². The van der Waals surface area contributed by atoms with Gasteiger partial charge in [-0.05, 0) is 50.7 Å². The summed E-state index contributed by atoms with van der Waals surface area (Å²) >= 11 is 0. The van der Waals surface area contributed by atoms with Crippen LogP contribution >= 0.6 is 0 Å². The largest absolute Gasteiger partial charge is 0.364 e. The van der Waals surface area contributed by atoms with Crippen molar-refractivity contribution in [3.63, 3.8) is 0 Å². The minimum atomic E-state index is 0.190. The van der Waals surface area contributed by atoms with Gasteiger partial charge >= 0.3 is 0 Å². The predicted octanol–water partition coefficient (Wildman–Crippen LogP) is 3.89. The van der Waals surface area contributed by atoms with Gasteiger partial charge in [-0.3, -0.25) is 0 Å². The zero-order valence-corrected chi connectivity index (χ0v) is 14.3. The number of anilines is 1. The number of benzene rings is 1. The van der Waals surface area contributed by atoms with Gasteiger partial charge in [0.15, 0.2) is 0 Å². The van der Waals surface area contributed by atoms with E-state index in [4.69, 9.17) is 0 Å². The lowest BCUT2D eigenvalue weighted by atomic mass is 9.72. The van der Waals surface area contributed by atoms with Gasteiger partial charge in [-0.2, -0.15) is 0 Å². The molecule has 1 unspecified atom stereocenters. The van der Waals surface area contributed by atoms with E-state index < -0.39 is 0 Å². The molecule has 1 aromatic carbocycles. The van der Waals surface area contributed by atoms with Crippen molar-refractivity contribution in [3.8, 4) is 0 Å². The van der Waals surface area contributed by atoms with Gasteiger partial charge in [-0.15, -0.1) is 0 Å². The molecule has 1 aliphatic carbocycles. The Kier molecular flexibility index (Phi) is 4.14. The van der Waals surface area contributed by atoms with Crippen LogP contribution in [0.3, 0.4) is 0 Å². The molecule has 1 aliphatic heterocycles. The Morgan fingerprint density at radius 1 is 1.23 bits per heavy atom. The third kappa shape index (κ3) is 2.85. The van der Waals surface area contributed by atoms with E-state index in [1.165, 1.54) is 17.7 Å². The van der Waals surface area contributed by atoms with E-state index in [-0.39, 0.29) is 5.41 Å². The quantitative estimate of drug-likeness (QED) is 0.831. The third-order valence-electron chi connectivity index (χ3n) is 4.90. The number of fused-ring (bicyclic) bond motifs is 2. The molecule has 0 spiro atoms. The van der Waals surface area contributed by atoms with Gasteiger partial charge in [-0.1, -0.05) is 50.3 Å². The lowest BCUT2D eigenvalue weighted by Gasteiger charge is -2.48. The first-order chi connectivity index (χ1) is 10.5. The van der Waals surface area contributed by atoms with Crippen LogP contribution in [0, 0.1) is 5.41 Å². The Hall–Kier alpha value is -1.54. The zero-order chi connectivity index (χ0) is 15.7. The van der Waals surface area contributed by atoms with Crippen molar-refractivity contribution in [2.75, 3.05) is 32.1 Å². The van der Waals surface area contributed by atoms with Crippen molar-refractivity contribution in [1.82, 2.24) is 4.90 Å². The fraction of sp³-hybridized carbons (Fsp3) is 0.500. The fourth-order valence-corrected chi connectivity index (χ4v) is 3.94. The van der Waals surface area contributed by atoms with Gasteiger partial charge in [0, 0.05) is 17.6 Å². The molecule has 1 aromatic rings. The molecule has 118 valence electrons.